The molecule has 0 atom stereocenters. The van der Waals surface area contributed by atoms with Crippen LogP contribution in [0.1, 0.15) is 12.8 Å². The maximum absolute atomic E-state index is 13.2. The summed E-state index contributed by atoms with van der Waals surface area (Å²) in [5.41, 5.74) is 0. The molecule has 0 bridgehead atoms. The van der Waals surface area contributed by atoms with Gasteiger partial charge in [0.25, 0.3) is 0 Å². The van der Waals surface area contributed by atoms with E-state index in [1.165, 1.54) is 41.6 Å². The fraction of sp³-hybridized carbons (Fsp3) is 0.294. The van der Waals surface area contributed by atoms with Crippen LogP contribution in [0.15, 0.2) is 53.4 Å². The minimum Gasteiger partial charge on any atom is -0.224 e. The molecule has 0 N–H and O–H groups in total. The van der Waals surface area contributed by atoms with Gasteiger partial charge in [-0.05, 0) is 36.4 Å². The predicted molar refractivity (Wildman–Crippen MR) is 89.8 cm³/mol. The topological polar surface area (TPSA) is 34.1 Å². The molecule has 1 fully saturated rings. The van der Waals surface area contributed by atoms with Crippen LogP contribution in [0, 0.1) is 5.82 Å². The molecule has 5 heteroatoms. The van der Waals surface area contributed by atoms with E-state index in [4.69, 9.17) is 0 Å². The molecule has 2 nitrogen and oxygen atoms in total. The molecule has 2 aromatic carbocycles. The first-order valence-corrected chi connectivity index (χ1v) is 11.8. The summed E-state index contributed by atoms with van der Waals surface area (Å²) in [7, 11) is -5.02. The molecule has 1 aliphatic rings. The molecule has 3 rings (SSSR count). The molecule has 2 aromatic rings. The maximum atomic E-state index is 13.2. The van der Waals surface area contributed by atoms with Crippen LogP contribution < -0.4 is 10.4 Å². The molecular weight excluding hydrogens is 315 g/mol. The zero-order valence-electron chi connectivity index (χ0n) is 12.5. The molecule has 0 spiro atoms. The molecule has 0 saturated carbocycles. The van der Waals surface area contributed by atoms with Crippen molar-refractivity contribution in [2.24, 2.45) is 0 Å². The summed E-state index contributed by atoms with van der Waals surface area (Å²) >= 11 is 0. The quantitative estimate of drug-likeness (QED) is 0.809. The molecule has 0 unspecified atom stereocenters. The van der Waals surface area contributed by atoms with Gasteiger partial charge in [-0.15, -0.1) is 0 Å². The summed E-state index contributed by atoms with van der Waals surface area (Å²) < 4.78 is 36.5. The number of halogens is 1. The number of sulfone groups is 1. The van der Waals surface area contributed by atoms with E-state index in [-0.39, 0.29) is 5.82 Å². The third-order valence-corrected chi connectivity index (χ3v) is 11.1. The van der Waals surface area contributed by atoms with Crippen molar-refractivity contribution in [1.29, 1.82) is 0 Å². The molecule has 1 heterocycles. The van der Waals surface area contributed by atoms with E-state index in [2.05, 4.69) is 0 Å². The van der Waals surface area contributed by atoms with Crippen molar-refractivity contribution in [3.05, 3.63) is 54.3 Å². The second-order valence-corrected chi connectivity index (χ2v) is 12.4. The van der Waals surface area contributed by atoms with Crippen molar-refractivity contribution < 1.29 is 12.8 Å². The zero-order chi connectivity index (χ0) is 15.8. The third kappa shape index (κ3) is 2.75. The molecule has 1 saturated heterocycles. The van der Waals surface area contributed by atoms with Crippen LogP contribution >= 0.6 is 0 Å². The summed E-state index contributed by atoms with van der Waals surface area (Å²) in [6, 6.07) is 16.6. The molecule has 0 radical (unpaired) electrons. The van der Waals surface area contributed by atoms with E-state index in [0.29, 0.717) is 4.90 Å². The van der Waals surface area contributed by atoms with Crippen LogP contribution in [0.3, 0.4) is 0 Å². The molecule has 0 amide bonds. The van der Waals surface area contributed by atoms with Crippen LogP contribution in [-0.2, 0) is 9.84 Å². The third-order valence-electron chi connectivity index (χ3n) is 4.69. The largest absolute Gasteiger partial charge is 0.224 e. The van der Waals surface area contributed by atoms with Crippen LogP contribution in [0.2, 0.25) is 12.1 Å². The predicted octanol–water partition coefficient (Wildman–Crippen LogP) is 2.59. The monoisotopic (exact) mass is 334 g/mol. The van der Waals surface area contributed by atoms with E-state index < -0.39 is 17.9 Å². The average molecular weight is 334 g/mol. The second-order valence-electron chi connectivity index (χ2n) is 6.09. The van der Waals surface area contributed by atoms with E-state index in [0.717, 1.165) is 12.1 Å². The Bertz CT molecular complexity index is 761. The Hall–Kier alpha value is -1.46. The minimum atomic E-state index is -3.17. The summed E-state index contributed by atoms with van der Waals surface area (Å²) in [6.07, 6.45) is 3.61. The van der Waals surface area contributed by atoms with E-state index in [1.807, 2.05) is 24.3 Å². The minimum absolute atomic E-state index is 0.210. The Labute approximate surface area is 131 Å². The number of hydrogen-bond acceptors (Lipinski definition) is 2. The maximum Gasteiger partial charge on any atom is 0.175 e. The summed E-state index contributed by atoms with van der Waals surface area (Å²) in [5.74, 6) is -0.210. The number of benzene rings is 2. The number of hydrogen-bond donors (Lipinski definition) is 0. The van der Waals surface area contributed by atoms with Gasteiger partial charge in [0, 0.05) is 6.26 Å². The fourth-order valence-electron chi connectivity index (χ4n) is 3.51. The van der Waals surface area contributed by atoms with Gasteiger partial charge in [-0.1, -0.05) is 47.5 Å². The van der Waals surface area contributed by atoms with E-state index >= 15 is 0 Å². The van der Waals surface area contributed by atoms with Gasteiger partial charge in [0.15, 0.2) is 9.84 Å². The van der Waals surface area contributed by atoms with Crippen molar-refractivity contribution in [2.75, 3.05) is 6.26 Å². The van der Waals surface area contributed by atoms with Gasteiger partial charge in [-0.25, -0.2) is 12.8 Å². The van der Waals surface area contributed by atoms with Gasteiger partial charge >= 0.3 is 0 Å². The number of rotatable bonds is 3. The Balaban J connectivity index is 2.06. The lowest BCUT2D eigenvalue weighted by Gasteiger charge is -2.28. The highest BCUT2D eigenvalue weighted by molar-refractivity contribution is 7.90. The van der Waals surface area contributed by atoms with Gasteiger partial charge < -0.3 is 0 Å². The van der Waals surface area contributed by atoms with Crippen molar-refractivity contribution in [1.82, 2.24) is 0 Å². The molecule has 0 aliphatic carbocycles. The highest BCUT2D eigenvalue weighted by atomic mass is 32.2. The van der Waals surface area contributed by atoms with Crippen molar-refractivity contribution in [2.45, 2.75) is 29.8 Å². The SMILES string of the molecule is CS(=O)(=O)c1ccc([Si]2(c3ccc(F)cc3)CCCC2)cc1. The summed E-state index contributed by atoms with van der Waals surface area (Å²) in [4.78, 5) is 0.359. The molecule has 1 aliphatic heterocycles. The first-order chi connectivity index (χ1) is 10.4. The second kappa shape index (κ2) is 5.63. The summed E-state index contributed by atoms with van der Waals surface area (Å²) in [5, 5.41) is 2.50. The average Bonchev–Trinajstić information content (AvgIpc) is 2.98. The molecule has 0 aromatic heterocycles. The van der Waals surface area contributed by atoms with Gasteiger partial charge in [0.1, 0.15) is 13.9 Å². The van der Waals surface area contributed by atoms with Crippen LogP contribution in [0.4, 0.5) is 4.39 Å². The van der Waals surface area contributed by atoms with Crippen molar-refractivity contribution >= 4 is 28.3 Å². The van der Waals surface area contributed by atoms with Gasteiger partial charge in [-0.3, -0.25) is 0 Å². The highest BCUT2D eigenvalue weighted by Gasteiger charge is 2.39. The van der Waals surface area contributed by atoms with Crippen molar-refractivity contribution in [3.63, 3.8) is 0 Å². The Morgan fingerprint density at radius 1 is 0.864 bits per heavy atom. The summed E-state index contributed by atoms with van der Waals surface area (Å²) in [6.45, 7) is 0. The Kier molecular flexibility index (Phi) is 3.95. The van der Waals surface area contributed by atoms with Gasteiger partial charge in [0.2, 0.25) is 0 Å². The molecule has 22 heavy (non-hydrogen) atoms. The van der Waals surface area contributed by atoms with Gasteiger partial charge in [-0.2, -0.15) is 0 Å². The standard InChI is InChI=1S/C17H19FO2SSi/c1-21(19,20)15-6-10-17(11-7-15)22(12-2-3-13-22)16-8-4-14(18)5-9-16/h4-11H,2-3,12-13H2,1H3. The van der Waals surface area contributed by atoms with E-state index in [1.54, 1.807) is 12.1 Å². The fourth-order valence-corrected chi connectivity index (χ4v) is 9.20. The van der Waals surface area contributed by atoms with Crippen LogP contribution in [0.25, 0.3) is 0 Å². The Morgan fingerprint density at radius 3 is 1.77 bits per heavy atom. The molecule has 116 valence electrons. The first-order valence-electron chi connectivity index (χ1n) is 7.48. The smallest absolute Gasteiger partial charge is 0.175 e. The lowest BCUT2D eigenvalue weighted by Crippen LogP contribution is -2.55. The zero-order valence-corrected chi connectivity index (χ0v) is 14.4. The van der Waals surface area contributed by atoms with E-state index in [9.17, 15) is 12.8 Å². The molecular formula is C17H19FO2SSi. The van der Waals surface area contributed by atoms with Crippen molar-refractivity contribution in [3.8, 4) is 0 Å². The lowest BCUT2D eigenvalue weighted by molar-refractivity contribution is 0.602. The Morgan fingerprint density at radius 2 is 1.32 bits per heavy atom. The first kappa shape index (κ1) is 15.4. The van der Waals surface area contributed by atoms with Gasteiger partial charge in [0.05, 0.1) is 4.90 Å². The lowest BCUT2D eigenvalue weighted by atomic mass is 10.3. The van der Waals surface area contributed by atoms with Crippen LogP contribution in [0.5, 0.6) is 0 Å². The highest BCUT2D eigenvalue weighted by Crippen LogP contribution is 2.30. The normalized spacial score (nSPS) is 17.5. The van der Waals surface area contributed by atoms with Crippen LogP contribution in [-0.4, -0.2) is 22.7 Å².